The fraction of sp³-hybridized carbons (Fsp3) is 0.235. The van der Waals surface area contributed by atoms with E-state index in [1.54, 1.807) is 7.11 Å². The highest BCUT2D eigenvalue weighted by molar-refractivity contribution is 6.32. The highest BCUT2D eigenvalue weighted by atomic mass is 35.5. The molecule has 0 spiro atoms. The molecule has 0 fully saturated rings. The summed E-state index contributed by atoms with van der Waals surface area (Å²) in [5, 5.41) is 4.04. The number of fused-ring (bicyclic) bond motifs is 1. The lowest BCUT2D eigenvalue weighted by molar-refractivity contribution is 0.415. The van der Waals surface area contributed by atoms with E-state index < -0.39 is 0 Å². The summed E-state index contributed by atoms with van der Waals surface area (Å²) in [6, 6.07) is 13.9. The average molecular weight is 316 g/mol. The van der Waals surface area contributed by atoms with Gasteiger partial charge in [0.05, 0.1) is 23.2 Å². The summed E-state index contributed by atoms with van der Waals surface area (Å²) in [6.45, 7) is 1.62. The number of imidazole rings is 1. The van der Waals surface area contributed by atoms with E-state index in [9.17, 15) is 0 Å². The number of halogens is 1. The first-order chi connectivity index (χ1) is 10.8. The van der Waals surface area contributed by atoms with Crippen LogP contribution in [0.2, 0.25) is 5.02 Å². The van der Waals surface area contributed by atoms with Gasteiger partial charge < -0.3 is 15.0 Å². The van der Waals surface area contributed by atoms with Crippen LogP contribution in [0.15, 0.2) is 42.5 Å². The standard InChI is InChI=1S/C17H18ClN3O/c1-22-16-7-6-12(10-13(16)18)11-19-9-8-17-20-14-4-2-3-5-15(14)21-17/h2-7,10,19H,8-9,11H2,1H3,(H,20,21). The van der Waals surface area contributed by atoms with Gasteiger partial charge in [0, 0.05) is 19.5 Å². The number of benzene rings is 2. The fourth-order valence-corrected chi connectivity index (χ4v) is 2.66. The zero-order valence-electron chi connectivity index (χ0n) is 12.4. The Hall–Kier alpha value is -2.04. The highest BCUT2D eigenvalue weighted by Gasteiger charge is 2.03. The molecule has 4 nitrogen and oxygen atoms in total. The van der Waals surface area contributed by atoms with Crippen LogP contribution in [0.1, 0.15) is 11.4 Å². The number of para-hydroxylation sites is 2. The van der Waals surface area contributed by atoms with Crippen LogP contribution in [0.25, 0.3) is 11.0 Å². The van der Waals surface area contributed by atoms with Crippen molar-refractivity contribution in [3.05, 3.63) is 58.9 Å². The highest BCUT2D eigenvalue weighted by Crippen LogP contribution is 2.24. The molecular weight excluding hydrogens is 298 g/mol. The first kappa shape index (κ1) is 14.9. The first-order valence-electron chi connectivity index (χ1n) is 7.23. The predicted molar refractivity (Wildman–Crippen MR) is 89.5 cm³/mol. The molecule has 0 bridgehead atoms. The maximum absolute atomic E-state index is 6.12. The number of hydrogen-bond donors (Lipinski definition) is 2. The molecule has 0 aliphatic heterocycles. The largest absolute Gasteiger partial charge is 0.495 e. The summed E-state index contributed by atoms with van der Waals surface area (Å²) in [6.07, 6.45) is 0.860. The maximum atomic E-state index is 6.12. The summed E-state index contributed by atoms with van der Waals surface area (Å²) < 4.78 is 5.15. The van der Waals surface area contributed by atoms with Gasteiger partial charge in [-0.15, -0.1) is 0 Å². The summed E-state index contributed by atoms with van der Waals surface area (Å²) in [7, 11) is 1.62. The van der Waals surface area contributed by atoms with Crippen molar-refractivity contribution in [2.75, 3.05) is 13.7 Å². The zero-order chi connectivity index (χ0) is 15.4. The summed E-state index contributed by atoms with van der Waals surface area (Å²) in [5.74, 6) is 1.70. The lowest BCUT2D eigenvalue weighted by Crippen LogP contribution is -2.17. The van der Waals surface area contributed by atoms with Gasteiger partial charge >= 0.3 is 0 Å². The van der Waals surface area contributed by atoms with E-state index in [1.165, 1.54) is 0 Å². The number of H-pyrrole nitrogens is 1. The van der Waals surface area contributed by atoms with Gasteiger partial charge in [-0.1, -0.05) is 29.8 Å². The molecule has 0 unspecified atom stereocenters. The number of aromatic amines is 1. The average Bonchev–Trinajstić information content (AvgIpc) is 2.94. The number of nitrogens with zero attached hydrogens (tertiary/aromatic N) is 1. The number of rotatable bonds is 6. The van der Waals surface area contributed by atoms with E-state index >= 15 is 0 Å². The fourth-order valence-electron chi connectivity index (χ4n) is 2.38. The molecule has 5 heteroatoms. The maximum Gasteiger partial charge on any atom is 0.137 e. The number of hydrogen-bond acceptors (Lipinski definition) is 3. The Balaban J connectivity index is 1.52. The van der Waals surface area contributed by atoms with Crippen molar-refractivity contribution in [2.45, 2.75) is 13.0 Å². The van der Waals surface area contributed by atoms with Crippen LogP contribution in [0.4, 0.5) is 0 Å². The Kier molecular flexibility index (Phi) is 4.61. The van der Waals surface area contributed by atoms with Gasteiger partial charge in [-0.2, -0.15) is 0 Å². The molecule has 1 heterocycles. The van der Waals surface area contributed by atoms with Gasteiger partial charge in [0.15, 0.2) is 0 Å². The second-order valence-electron chi connectivity index (χ2n) is 5.10. The Bertz CT molecular complexity index is 736. The third-order valence-electron chi connectivity index (χ3n) is 3.52. The van der Waals surface area contributed by atoms with Crippen LogP contribution < -0.4 is 10.1 Å². The van der Waals surface area contributed by atoms with Crippen molar-refractivity contribution in [2.24, 2.45) is 0 Å². The minimum atomic E-state index is 0.638. The van der Waals surface area contributed by atoms with E-state index in [2.05, 4.69) is 15.3 Å². The van der Waals surface area contributed by atoms with E-state index in [4.69, 9.17) is 16.3 Å². The van der Waals surface area contributed by atoms with Crippen molar-refractivity contribution in [1.82, 2.24) is 15.3 Å². The molecule has 1 aromatic heterocycles. The van der Waals surface area contributed by atoms with Crippen molar-refractivity contribution < 1.29 is 4.74 Å². The molecule has 3 aromatic rings. The van der Waals surface area contributed by atoms with Crippen molar-refractivity contribution in [3.8, 4) is 5.75 Å². The van der Waals surface area contributed by atoms with Gasteiger partial charge in [-0.3, -0.25) is 0 Å². The molecule has 0 aliphatic carbocycles. The van der Waals surface area contributed by atoms with Crippen LogP contribution in [0.3, 0.4) is 0 Å². The van der Waals surface area contributed by atoms with Crippen LogP contribution in [0, 0.1) is 0 Å². The van der Waals surface area contributed by atoms with E-state index in [0.29, 0.717) is 10.8 Å². The summed E-state index contributed by atoms with van der Waals surface area (Å²) >= 11 is 6.12. The Morgan fingerprint density at radius 2 is 2.09 bits per heavy atom. The lowest BCUT2D eigenvalue weighted by atomic mass is 10.2. The minimum Gasteiger partial charge on any atom is -0.495 e. The van der Waals surface area contributed by atoms with Crippen LogP contribution >= 0.6 is 11.6 Å². The smallest absolute Gasteiger partial charge is 0.137 e. The summed E-state index contributed by atoms with van der Waals surface area (Å²) in [5.41, 5.74) is 3.23. The molecule has 0 saturated heterocycles. The molecule has 2 N–H and O–H groups in total. The molecule has 114 valence electrons. The molecule has 0 radical (unpaired) electrons. The van der Waals surface area contributed by atoms with Crippen LogP contribution in [-0.4, -0.2) is 23.6 Å². The molecule has 0 atom stereocenters. The minimum absolute atomic E-state index is 0.638. The lowest BCUT2D eigenvalue weighted by Gasteiger charge is -2.07. The Labute approximate surface area is 134 Å². The van der Waals surface area contributed by atoms with Crippen molar-refractivity contribution in [1.29, 1.82) is 0 Å². The van der Waals surface area contributed by atoms with Gasteiger partial charge in [-0.25, -0.2) is 4.98 Å². The topological polar surface area (TPSA) is 49.9 Å². The molecule has 2 aromatic carbocycles. The number of aromatic nitrogens is 2. The van der Waals surface area contributed by atoms with Gasteiger partial charge in [-0.05, 0) is 29.8 Å². The van der Waals surface area contributed by atoms with Crippen molar-refractivity contribution >= 4 is 22.6 Å². The Morgan fingerprint density at radius 1 is 1.23 bits per heavy atom. The van der Waals surface area contributed by atoms with Crippen molar-refractivity contribution in [3.63, 3.8) is 0 Å². The molecular formula is C17H18ClN3O. The number of methoxy groups -OCH3 is 1. The molecule has 0 aliphatic rings. The zero-order valence-corrected chi connectivity index (χ0v) is 13.2. The van der Waals surface area contributed by atoms with E-state index in [0.717, 1.165) is 41.9 Å². The van der Waals surface area contributed by atoms with Gasteiger partial charge in [0.25, 0.3) is 0 Å². The second kappa shape index (κ2) is 6.81. The SMILES string of the molecule is COc1ccc(CNCCc2nc3ccccc3[nH]2)cc1Cl. The monoisotopic (exact) mass is 315 g/mol. The third kappa shape index (κ3) is 3.40. The molecule has 3 rings (SSSR count). The third-order valence-corrected chi connectivity index (χ3v) is 3.82. The predicted octanol–water partition coefficient (Wildman–Crippen LogP) is 3.56. The van der Waals surface area contributed by atoms with E-state index in [1.807, 2.05) is 42.5 Å². The number of ether oxygens (including phenoxy) is 1. The first-order valence-corrected chi connectivity index (χ1v) is 7.61. The number of nitrogens with one attached hydrogen (secondary N) is 2. The van der Waals surface area contributed by atoms with Crippen LogP contribution in [0.5, 0.6) is 5.75 Å². The molecule has 22 heavy (non-hydrogen) atoms. The van der Waals surface area contributed by atoms with E-state index in [-0.39, 0.29) is 0 Å². The quantitative estimate of drug-likeness (QED) is 0.684. The van der Waals surface area contributed by atoms with Crippen LogP contribution in [-0.2, 0) is 13.0 Å². The summed E-state index contributed by atoms with van der Waals surface area (Å²) in [4.78, 5) is 7.89. The Morgan fingerprint density at radius 3 is 2.86 bits per heavy atom. The second-order valence-corrected chi connectivity index (χ2v) is 5.50. The van der Waals surface area contributed by atoms with Gasteiger partial charge in [0.2, 0.25) is 0 Å². The molecule has 0 amide bonds. The van der Waals surface area contributed by atoms with Gasteiger partial charge in [0.1, 0.15) is 11.6 Å². The normalized spacial score (nSPS) is 11.0. The molecule has 0 saturated carbocycles.